The van der Waals surface area contributed by atoms with E-state index in [1.807, 2.05) is 62.6 Å². The molecule has 2 aliphatic rings. The molecule has 1 saturated heterocycles. The molecule has 4 rings (SSSR count). The topological polar surface area (TPSA) is 62.1 Å². The van der Waals surface area contributed by atoms with Crippen molar-refractivity contribution in [1.29, 1.82) is 0 Å². The van der Waals surface area contributed by atoms with Gasteiger partial charge in [-0.25, -0.2) is 13.4 Å². The fourth-order valence-electron chi connectivity index (χ4n) is 3.88. The van der Waals surface area contributed by atoms with Gasteiger partial charge in [0.2, 0.25) is 10.0 Å². The molecule has 0 amide bonds. The minimum absolute atomic E-state index is 0.404. The zero-order valence-corrected chi connectivity index (χ0v) is 18.6. The van der Waals surface area contributed by atoms with Crippen LogP contribution >= 0.6 is 11.8 Å². The average molecular weight is 428 g/mol. The van der Waals surface area contributed by atoms with Crippen LogP contribution in [0.1, 0.15) is 29.5 Å². The number of hydrogen-bond donors (Lipinski definition) is 0. The summed E-state index contributed by atoms with van der Waals surface area (Å²) >= 11 is 1.60. The lowest BCUT2D eigenvalue weighted by atomic mass is 10.00. The first-order valence-corrected chi connectivity index (χ1v) is 12.4. The van der Waals surface area contributed by atoms with E-state index in [0.717, 1.165) is 27.4 Å². The smallest absolute Gasteiger partial charge is 0.243 e. The summed E-state index contributed by atoms with van der Waals surface area (Å²) in [5.74, 6) is 0. The number of aliphatic imine (C=N–C) groups is 2. The van der Waals surface area contributed by atoms with E-state index in [2.05, 4.69) is 0 Å². The molecule has 2 aromatic rings. The van der Waals surface area contributed by atoms with Crippen molar-refractivity contribution < 1.29 is 8.42 Å². The Kier molecular flexibility index (Phi) is 5.40. The van der Waals surface area contributed by atoms with Gasteiger partial charge < -0.3 is 0 Å². The average Bonchev–Trinajstić information content (AvgIpc) is 3.09. The molecule has 0 aromatic heterocycles. The van der Waals surface area contributed by atoms with Crippen molar-refractivity contribution in [3.63, 3.8) is 0 Å². The number of hydrogen-bond acceptors (Lipinski definition) is 5. The van der Waals surface area contributed by atoms with Gasteiger partial charge in [-0.3, -0.25) is 4.99 Å². The van der Waals surface area contributed by atoms with Crippen LogP contribution in [0.2, 0.25) is 0 Å². The molecule has 2 aliphatic heterocycles. The van der Waals surface area contributed by atoms with Crippen LogP contribution < -0.4 is 0 Å². The van der Waals surface area contributed by atoms with Gasteiger partial charge in [-0.1, -0.05) is 42.5 Å². The van der Waals surface area contributed by atoms with E-state index in [1.54, 1.807) is 22.1 Å². The van der Waals surface area contributed by atoms with Crippen molar-refractivity contribution in [2.45, 2.75) is 37.2 Å². The summed E-state index contributed by atoms with van der Waals surface area (Å²) in [6.07, 6.45) is 3.20. The number of piperidine rings is 1. The first kappa shape index (κ1) is 20.3. The van der Waals surface area contributed by atoms with Gasteiger partial charge in [0.1, 0.15) is 5.04 Å². The lowest BCUT2D eigenvalue weighted by Gasteiger charge is -2.34. The maximum Gasteiger partial charge on any atom is 0.243 e. The summed E-state index contributed by atoms with van der Waals surface area (Å²) in [6.45, 7) is 4.61. The Bertz CT molecular complexity index is 1080. The van der Waals surface area contributed by atoms with E-state index >= 15 is 0 Å². The monoisotopic (exact) mass is 427 g/mol. The molecule has 1 fully saturated rings. The maximum atomic E-state index is 13.2. The number of thioether (sulfide) groups is 1. The molecule has 0 radical (unpaired) electrons. The molecule has 2 heterocycles. The van der Waals surface area contributed by atoms with E-state index < -0.39 is 15.7 Å². The van der Waals surface area contributed by atoms with Gasteiger partial charge in [-0.2, -0.15) is 4.31 Å². The fourth-order valence-corrected chi connectivity index (χ4v) is 6.25. The van der Waals surface area contributed by atoms with E-state index in [4.69, 9.17) is 9.98 Å². The predicted molar refractivity (Wildman–Crippen MR) is 121 cm³/mol. The summed E-state index contributed by atoms with van der Waals surface area (Å²) in [7, 11) is -3.52. The standard InChI is InChI=1S/C22H25N3O2S2/c1-16-9-10-17(2)19(15-16)29(26,27)25-13-11-22(12-14-25)23-20(21(24-22)28-3)18-7-5-4-6-8-18/h4-10,15H,11-14H2,1-3H3. The molecule has 1 spiro atoms. The summed E-state index contributed by atoms with van der Waals surface area (Å²) < 4.78 is 28.0. The van der Waals surface area contributed by atoms with Crippen LogP contribution in [0, 0.1) is 13.8 Å². The first-order valence-electron chi connectivity index (χ1n) is 9.72. The Morgan fingerprint density at radius 1 is 1.00 bits per heavy atom. The molecule has 5 nitrogen and oxygen atoms in total. The Labute approximate surface area is 177 Å². The number of rotatable bonds is 3. The Morgan fingerprint density at radius 2 is 1.69 bits per heavy atom. The maximum absolute atomic E-state index is 13.2. The molecule has 7 heteroatoms. The third-order valence-corrected chi connectivity index (χ3v) is 8.27. The lowest BCUT2D eigenvalue weighted by molar-refractivity contribution is 0.249. The van der Waals surface area contributed by atoms with Crippen molar-refractivity contribution in [2.24, 2.45) is 9.98 Å². The van der Waals surface area contributed by atoms with Crippen LogP contribution in [-0.4, -0.2) is 48.5 Å². The third kappa shape index (κ3) is 3.79. The second-order valence-corrected chi connectivity index (χ2v) is 10.3. The van der Waals surface area contributed by atoms with Crippen molar-refractivity contribution in [2.75, 3.05) is 19.3 Å². The minimum atomic E-state index is -3.52. The lowest BCUT2D eigenvalue weighted by Crippen LogP contribution is -2.44. The summed E-state index contributed by atoms with van der Waals surface area (Å²) in [5.41, 5.74) is 3.16. The zero-order valence-electron chi connectivity index (χ0n) is 16.9. The molecule has 29 heavy (non-hydrogen) atoms. The second-order valence-electron chi connectivity index (χ2n) is 7.60. The third-order valence-electron chi connectivity index (χ3n) is 5.56. The quantitative estimate of drug-likeness (QED) is 0.742. The van der Waals surface area contributed by atoms with Gasteiger partial charge in [-0.05, 0) is 37.3 Å². The van der Waals surface area contributed by atoms with Crippen molar-refractivity contribution >= 4 is 32.5 Å². The van der Waals surface area contributed by atoms with E-state index in [-0.39, 0.29) is 0 Å². The number of sulfonamides is 1. The highest BCUT2D eigenvalue weighted by Gasteiger charge is 2.42. The van der Waals surface area contributed by atoms with Gasteiger partial charge in [0.05, 0.1) is 10.6 Å². The minimum Gasteiger partial charge on any atom is -0.252 e. The normalized spacial score (nSPS) is 19.3. The van der Waals surface area contributed by atoms with Gasteiger partial charge >= 0.3 is 0 Å². The highest BCUT2D eigenvalue weighted by molar-refractivity contribution is 8.15. The van der Waals surface area contributed by atoms with Crippen molar-refractivity contribution in [3.8, 4) is 0 Å². The number of benzene rings is 2. The van der Waals surface area contributed by atoms with Crippen LogP contribution in [0.15, 0.2) is 63.4 Å². The summed E-state index contributed by atoms with van der Waals surface area (Å²) in [4.78, 5) is 10.3. The van der Waals surface area contributed by atoms with Gasteiger partial charge in [0.25, 0.3) is 0 Å². The number of aryl methyl sites for hydroxylation is 2. The summed E-state index contributed by atoms with van der Waals surface area (Å²) in [5, 5.41) is 0.932. The van der Waals surface area contributed by atoms with Gasteiger partial charge in [0.15, 0.2) is 5.66 Å². The van der Waals surface area contributed by atoms with Crippen LogP contribution in [0.4, 0.5) is 0 Å². The van der Waals surface area contributed by atoms with Crippen LogP contribution in [0.3, 0.4) is 0 Å². The molecule has 0 unspecified atom stereocenters. The highest BCUT2D eigenvalue weighted by Crippen LogP contribution is 2.37. The molecule has 0 saturated carbocycles. The Balaban J connectivity index is 1.59. The Hall–Kier alpha value is -1.96. The summed E-state index contributed by atoms with van der Waals surface area (Å²) in [6, 6.07) is 15.7. The van der Waals surface area contributed by atoms with Gasteiger partial charge in [0, 0.05) is 31.5 Å². The van der Waals surface area contributed by atoms with Crippen LogP contribution in [-0.2, 0) is 10.0 Å². The molecule has 0 atom stereocenters. The fraction of sp³-hybridized carbons (Fsp3) is 0.364. The molecule has 2 aromatic carbocycles. The molecular formula is C22H25N3O2S2. The molecule has 0 bridgehead atoms. The van der Waals surface area contributed by atoms with E-state index in [9.17, 15) is 8.42 Å². The van der Waals surface area contributed by atoms with Gasteiger partial charge in [-0.15, -0.1) is 11.8 Å². The molecule has 0 aliphatic carbocycles. The Morgan fingerprint density at radius 3 is 2.34 bits per heavy atom. The SMILES string of the molecule is CSC1=NC2(CCN(S(=O)(=O)c3cc(C)ccc3C)CC2)N=C1c1ccccc1. The van der Waals surface area contributed by atoms with Crippen LogP contribution in [0.25, 0.3) is 0 Å². The van der Waals surface area contributed by atoms with Crippen molar-refractivity contribution in [3.05, 3.63) is 65.2 Å². The predicted octanol–water partition coefficient (Wildman–Crippen LogP) is 4.05. The molecule has 0 N–H and O–H groups in total. The highest BCUT2D eigenvalue weighted by atomic mass is 32.2. The number of nitrogens with zero attached hydrogens (tertiary/aromatic N) is 3. The molecular weight excluding hydrogens is 402 g/mol. The van der Waals surface area contributed by atoms with Crippen LogP contribution in [0.5, 0.6) is 0 Å². The van der Waals surface area contributed by atoms with Crippen molar-refractivity contribution in [1.82, 2.24) is 4.31 Å². The zero-order chi connectivity index (χ0) is 20.6. The van der Waals surface area contributed by atoms with E-state index in [1.165, 1.54) is 0 Å². The first-order chi connectivity index (χ1) is 13.8. The van der Waals surface area contributed by atoms with E-state index in [0.29, 0.717) is 30.8 Å². The molecule has 152 valence electrons. The second kappa shape index (κ2) is 7.70. The largest absolute Gasteiger partial charge is 0.252 e.